The van der Waals surface area contributed by atoms with Gasteiger partial charge >= 0.3 is 0 Å². The average molecular weight is 270 g/mol. The Balaban J connectivity index is 1.84. The molecule has 1 saturated carbocycles. The summed E-state index contributed by atoms with van der Waals surface area (Å²) in [5.41, 5.74) is 0. The van der Waals surface area contributed by atoms with Crippen molar-refractivity contribution in [3.05, 3.63) is 0 Å². The highest BCUT2D eigenvalue weighted by Gasteiger charge is 2.32. The predicted octanol–water partition coefficient (Wildman–Crippen LogP) is 1.90. The van der Waals surface area contributed by atoms with Crippen molar-refractivity contribution >= 4 is 0 Å². The molecular weight excluding hydrogens is 240 g/mol. The molecule has 4 nitrogen and oxygen atoms in total. The van der Waals surface area contributed by atoms with Gasteiger partial charge in [0, 0.05) is 32.8 Å². The van der Waals surface area contributed by atoms with Gasteiger partial charge in [0.05, 0.1) is 0 Å². The molecule has 0 aromatic heterocycles. The molecule has 3 atom stereocenters. The van der Waals surface area contributed by atoms with E-state index in [1.807, 2.05) is 0 Å². The van der Waals surface area contributed by atoms with Gasteiger partial charge in [-0.3, -0.25) is 0 Å². The topological polar surface area (TPSA) is 42.5 Å². The number of methoxy groups -OCH3 is 2. The van der Waals surface area contributed by atoms with Crippen molar-refractivity contribution in [2.75, 3.05) is 27.3 Å². The summed E-state index contributed by atoms with van der Waals surface area (Å²) in [5, 5.41) is 7.41. The van der Waals surface area contributed by atoms with Crippen molar-refractivity contribution in [2.45, 2.75) is 63.3 Å². The van der Waals surface area contributed by atoms with Crippen LogP contribution in [-0.2, 0) is 9.47 Å². The molecule has 19 heavy (non-hydrogen) atoms. The fourth-order valence-corrected chi connectivity index (χ4v) is 3.65. The number of nitrogens with one attached hydrogen (secondary N) is 2. The second-order valence-electron chi connectivity index (χ2n) is 5.92. The van der Waals surface area contributed by atoms with Crippen molar-refractivity contribution in [1.82, 2.24) is 10.6 Å². The van der Waals surface area contributed by atoms with E-state index < -0.39 is 0 Å². The standard InChI is InChI=1S/C15H30N2O2/c1-18-15(19-2)11-17-14-8-4-3-7-12(14)13-9-5-6-10-16-13/h12-17H,3-11H2,1-2H3. The normalized spacial score (nSPS) is 32.7. The van der Waals surface area contributed by atoms with Crippen LogP contribution in [0.4, 0.5) is 0 Å². The quantitative estimate of drug-likeness (QED) is 0.723. The van der Waals surface area contributed by atoms with Gasteiger partial charge < -0.3 is 20.1 Å². The van der Waals surface area contributed by atoms with Crippen LogP contribution in [0.15, 0.2) is 0 Å². The van der Waals surface area contributed by atoms with Crippen LogP contribution in [0.5, 0.6) is 0 Å². The molecule has 0 aromatic rings. The van der Waals surface area contributed by atoms with E-state index in [-0.39, 0.29) is 6.29 Å². The minimum absolute atomic E-state index is 0.123. The third-order valence-electron chi connectivity index (χ3n) is 4.76. The molecule has 112 valence electrons. The highest BCUT2D eigenvalue weighted by Crippen LogP contribution is 2.30. The average Bonchev–Trinajstić information content (AvgIpc) is 2.49. The summed E-state index contributed by atoms with van der Waals surface area (Å²) in [6.07, 6.45) is 9.35. The summed E-state index contributed by atoms with van der Waals surface area (Å²) in [5.74, 6) is 0.781. The summed E-state index contributed by atoms with van der Waals surface area (Å²) >= 11 is 0. The van der Waals surface area contributed by atoms with Crippen LogP contribution < -0.4 is 10.6 Å². The van der Waals surface area contributed by atoms with Crippen molar-refractivity contribution < 1.29 is 9.47 Å². The molecular formula is C15H30N2O2. The lowest BCUT2D eigenvalue weighted by molar-refractivity contribution is -0.101. The summed E-state index contributed by atoms with van der Waals surface area (Å²) in [7, 11) is 3.41. The van der Waals surface area contributed by atoms with Crippen LogP contribution in [0.1, 0.15) is 44.9 Å². The lowest BCUT2D eigenvalue weighted by Gasteiger charge is -2.40. The van der Waals surface area contributed by atoms with E-state index in [1.165, 1.54) is 51.5 Å². The summed E-state index contributed by atoms with van der Waals surface area (Å²) in [4.78, 5) is 0. The first-order valence-corrected chi connectivity index (χ1v) is 7.87. The number of rotatable bonds is 6. The molecule has 2 rings (SSSR count). The van der Waals surface area contributed by atoms with Gasteiger partial charge in [-0.1, -0.05) is 19.3 Å². The van der Waals surface area contributed by atoms with Gasteiger partial charge in [0.2, 0.25) is 0 Å². The molecule has 3 unspecified atom stereocenters. The van der Waals surface area contributed by atoms with E-state index in [4.69, 9.17) is 9.47 Å². The van der Waals surface area contributed by atoms with Gasteiger partial charge in [-0.15, -0.1) is 0 Å². The Morgan fingerprint density at radius 3 is 2.47 bits per heavy atom. The van der Waals surface area contributed by atoms with Crippen LogP contribution >= 0.6 is 0 Å². The van der Waals surface area contributed by atoms with Gasteiger partial charge in [0.1, 0.15) is 0 Å². The fourth-order valence-electron chi connectivity index (χ4n) is 3.65. The molecule has 0 spiro atoms. The predicted molar refractivity (Wildman–Crippen MR) is 77.2 cm³/mol. The zero-order valence-electron chi connectivity index (χ0n) is 12.5. The SMILES string of the molecule is COC(CNC1CCCCC1C1CCCCN1)OC. The molecule has 0 bridgehead atoms. The molecule has 1 heterocycles. The third-order valence-corrected chi connectivity index (χ3v) is 4.76. The summed E-state index contributed by atoms with van der Waals surface area (Å²) < 4.78 is 10.5. The van der Waals surface area contributed by atoms with E-state index in [1.54, 1.807) is 14.2 Å². The fraction of sp³-hybridized carbons (Fsp3) is 1.00. The highest BCUT2D eigenvalue weighted by molar-refractivity contribution is 4.90. The van der Waals surface area contributed by atoms with Crippen molar-refractivity contribution in [2.24, 2.45) is 5.92 Å². The van der Waals surface area contributed by atoms with Crippen molar-refractivity contribution in [3.8, 4) is 0 Å². The van der Waals surface area contributed by atoms with Crippen molar-refractivity contribution in [1.29, 1.82) is 0 Å². The Kier molecular flexibility index (Phi) is 6.57. The smallest absolute Gasteiger partial charge is 0.169 e. The molecule has 2 aliphatic rings. The van der Waals surface area contributed by atoms with E-state index >= 15 is 0 Å². The lowest BCUT2D eigenvalue weighted by atomic mass is 9.77. The molecule has 4 heteroatoms. The maximum Gasteiger partial charge on any atom is 0.169 e. The summed E-state index contributed by atoms with van der Waals surface area (Å²) in [6, 6.07) is 1.34. The minimum atomic E-state index is -0.123. The van der Waals surface area contributed by atoms with E-state index in [0.717, 1.165) is 18.5 Å². The molecule has 1 aliphatic carbocycles. The maximum absolute atomic E-state index is 5.27. The molecule has 1 saturated heterocycles. The van der Waals surface area contributed by atoms with E-state index in [2.05, 4.69) is 10.6 Å². The Hall–Kier alpha value is -0.160. The van der Waals surface area contributed by atoms with Crippen molar-refractivity contribution in [3.63, 3.8) is 0 Å². The largest absolute Gasteiger partial charge is 0.355 e. The second kappa shape index (κ2) is 8.20. The minimum Gasteiger partial charge on any atom is -0.355 e. The molecule has 2 fully saturated rings. The maximum atomic E-state index is 5.27. The first-order chi connectivity index (χ1) is 9.35. The Morgan fingerprint density at radius 1 is 1.05 bits per heavy atom. The monoisotopic (exact) mass is 270 g/mol. The van der Waals surface area contributed by atoms with Crippen LogP contribution in [0, 0.1) is 5.92 Å². The first-order valence-electron chi connectivity index (χ1n) is 7.87. The molecule has 1 aliphatic heterocycles. The molecule has 0 aromatic carbocycles. The number of piperidine rings is 1. The number of ether oxygens (including phenoxy) is 2. The van der Waals surface area contributed by atoms with Gasteiger partial charge in [-0.05, 0) is 38.1 Å². The van der Waals surface area contributed by atoms with Crippen LogP contribution in [0.3, 0.4) is 0 Å². The molecule has 0 radical (unpaired) electrons. The molecule has 0 amide bonds. The van der Waals surface area contributed by atoms with Crippen LogP contribution in [-0.4, -0.2) is 45.7 Å². The van der Waals surface area contributed by atoms with E-state index in [0.29, 0.717) is 6.04 Å². The Bertz CT molecular complexity index is 240. The second-order valence-corrected chi connectivity index (χ2v) is 5.92. The lowest BCUT2D eigenvalue weighted by Crippen LogP contribution is -2.51. The van der Waals surface area contributed by atoms with Gasteiger partial charge in [0.25, 0.3) is 0 Å². The van der Waals surface area contributed by atoms with Crippen LogP contribution in [0.25, 0.3) is 0 Å². The van der Waals surface area contributed by atoms with Gasteiger partial charge in [0.15, 0.2) is 6.29 Å². The Morgan fingerprint density at radius 2 is 1.79 bits per heavy atom. The zero-order chi connectivity index (χ0) is 13.5. The zero-order valence-corrected chi connectivity index (χ0v) is 12.5. The summed E-state index contributed by atoms with van der Waals surface area (Å²) in [6.45, 7) is 1.99. The van der Waals surface area contributed by atoms with Gasteiger partial charge in [-0.25, -0.2) is 0 Å². The first kappa shape index (κ1) is 15.2. The Labute approximate surface area is 117 Å². The van der Waals surface area contributed by atoms with Crippen LogP contribution in [0.2, 0.25) is 0 Å². The third kappa shape index (κ3) is 4.42. The molecule has 2 N–H and O–H groups in total. The highest BCUT2D eigenvalue weighted by atomic mass is 16.7. The number of hydrogen-bond donors (Lipinski definition) is 2. The van der Waals surface area contributed by atoms with Gasteiger partial charge in [-0.2, -0.15) is 0 Å². The van der Waals surface area contributed by atoms with E-state index in [9.17, 15) is 0 Å². The number of hydrogen-bond acceptors (Lipinski definition) is 4.